The highest BCUT2D eigenvalue weighted by molar-refractivity contribution is 8.18. The number of hydrogen-bond acceptors (Lipinski definition) is 5. The van der Waals surface area contributed by atoms with Crippen LogP contribution >= 0.6 is 23.4 Å². The van der Waals surface area contributed by atoms with E-state index in [1.165, 1.54) is 11.8 Å². The first-order valence-corrected chi connectivity index (χ1v) is 9.15. The van der Waals surface area contributed by atoms with Crippen molar-refractivity contribution in [1.82, 2.24) is 5.32 Å². The summed E-state index contributed by atoms with van der Waals surface area (Å²) < 4.78 is 10.8. The van der Waals surface area contributed by atoms with Gasteiger partial charge in [0.2, 0.25) is 6.79 Å². The fourth-order valence-corrected chi connectivity index (χ4v) is 3.61. The van der Waals surface area contributed by atoms with E-state index in [0.29, 0.717) is 26.5 Å². The Bertz CT molecular complexity index is 985. The molecule has 2 aromatic rings. The monoisotopic (exact) mass is 386 g/mol. The third-order valence-electron chi connectivity index (χ3n) is 4.08. The van der Waals surface area contributed by atoms with Crippen LogP contribution in [0.1, 0.15) is 16.7 Å². The Morgan fingerprint density at radius 1 is 1.15 bits per heavy atom. The predicted molar refractivity (Wildman–Crippen MR) is 104 cm³/mol. The van der Waals surface area contributed by atoms with Gasteiger partial charge < -0.3 is 14.8 Å². The molecule has 0 bridgehead atoms. The molecule has 0 atom stereocenters. The van der Waals surface area contributed by atoms with Crippen LogP contribution in [0.3, 0.4) is 0 Å². The van der Waals surface area contributed by atoms with Crippen LogP contribution in [0.5, 0.6) is 11.5 Å². The number of aryl methyl sites for hydroxylation is 2. The number of carbonyl (C=O) groups excluding carboxylic acids is 1. The summed E-state index contributed by atoms with van der Waals surface area (Å²) in [6, 6.07) is 9.34. The molecular formula is C19H15ClN2O3S. The molecule has 0 radical (unpaired) electrons. The molecule has 2 aliphatic heterocycles. The molecule has 1 amide bonds. The maximum absolute atomic E-state index is 12.3. The van der Waals surface area contributed by atoms with Crippen molar-refractivity contribution in [1.29, 1.82) is 0 Å². The van der Waals surface area contributed by atoms with Crippen molar-refractivity contribution in [2.75, 3.05) is 6.79 Å². The molecule has 2 heterocycles. The summed E-state index contributed by atoms with van der Waals surface area (Å²) >= 11 is 7.43. The van der Waals surface area contributed by atoms with E-state index >= 15 is 0 Å². The number of benzene rings is 2. The van der Waals surface area contributed by atoms with E-state index in [9.17, 15) is 4.79 Å². The highest BCUT2D eigenvalue weighted by Crippen LogP contribution is 2.37. The van der Waals surface area contributed by atoms with Gasteiger partial charge >= 0.3 is 0 Å². The minimum atomic E-state index is -0.177. The number of amidine groups is 1. The zero-order valence-corrected chi connectivity index (χ0v) is 15.7. The largest absolute Gasteiger partial charge is 0.454 e. The summed E-state index contributed by atoms with van der Waals surface area (Å²) in [5.74, 6) is 1.24. The number of rotatable bonds is 2. The number of ether oxygens (including phenoxy) is 2. The molecule has 26 heavy (non-hydrogen) atoms. The quantitative estimate of drug-likeness (QED) is 0.767. The topological polar surface area (TPSA) is 59.9 Å². The Morgan fingerprint density at radius 2 is 1.92 bits per heavy atom. The first-order chi connectivity index (χ1) is 12.5. The molecule has 0 unspecified atom stereocenters. The smallest absolute Gasteiger partial charge is 0.264 e. The molecule has 2 aromatic carbocycles. The molecule has 2 aliphatic rings. The molecule has 132 valence electrons. The molecular weight excluding hydrogens is 372 g/mol. The van der Waals surface area contributed by atoms with Crippen LogP contribution in [-0.4, -0.2) is 17.9 Å². The zero-order valence-electron chi connectivity index (χ0n) is 14.1. The molecule has 0 aliphatic carbocycles. The van der Waals surface area contributed by atoms with E-state index < -0.39 is 0 Å². The highest BCUT2D eigenvalue weighted by atomic mass is 35.5. The highest BCUT2D eigenvalue weighted by Gasteiger charge is 2.25. The van der Waals surface area contributed by atoms with Crippen LogP contribution < -0.4 is 14.8 Å². The van der Waals surface area contributed by atoms with Gasteiger partial charge in [-0.25, -0.2) is 4.99 Å². The average Bonchev–Trinajstić information content (AvgIpc) is 3.18. The van der Waals surface area contributed by atoms with E-state index in [1.807, 2.05) is 44.2 Å². The first-order valence-electron chi connectivity index (χ1n) is 7.95. The van der Waals surface area contributed by atoms with Crippen molar-refractivity contribution in [3.05, 3.63) is 56.9 Å². The lowest BCUT2D eigenvalue weighted by atomic mass is 10.1. The summed E-state index contributed by atoms with van der Waals surface area (Å²) in [5, 5.41) is 3.96. The van der Waals surface area contributed by atoms with Gasteiger partial charge in [0.25, 0.3) is 5.91 Å². The molecule has 0 aromatic heterocycles. The van der Waals surface area contributed by atoms with Crippen LogP contribution in [0.4, 0.5) is 5.69 Å². The Balaban J connectivity index is 1.61. The van der Waals surface area contributed by atoms with Crippen LogP contribution in [0.15, 0.2) is 40.2 Å². The van der Waals surface area contributed by atoms with E-state index in [2.05, 4.69) is 10.3 Å². The Morgan fingerprint density at radius 3 is 2.69 bits per heavy atom. The standard InChI is InChI=1S/C19H15ClN2O3S/c1-10-3-4-13(8-14(10)20)21-19-22-18(23)17(26-19)7-12-6-16-15(5-11(12)2)24-9-25-16/h3-8H,9H2,1-2H3,(H,21,22,23)/b17-7+. The number of thioether (sulfide) groups is 1. The van der Waals surface area contributed by atoms with Crippen molar-refractivity contribution in [3.8, 4) is 11.5 Å². The predicted octanol–water partition coefficient (Wildman–Crippen LogP) is 4.58. The number of fused-ring (bicyclic) bond motifs is 1. The van der Waals surface area contributed by atoms with Crippen LogP contribution in [-0.2, 0) is 4.79 Å². The molecule has 1 N–H and O–H groups in total. The molecule has 0 saturated carbocycles. The summed E-state index contributed by atoms with van der Waals surface area (Å²) in [4.78, 5) is 17.3. The summed E-state index contributed by atoms with van der Waals surface area (Å²) in [7, 11) is 0. The van der Waals surface area contributed by atoms with Crippen molar-refractivity contribution in [3.63, 3.8) is 0 Å². The number of halogens is 1. The average molecular weight is 387 g/mol. The third kappa shape index (κ3) is 3.30. The number of nitrogens with zero attached hydrogens (tertiary/aromatic N) is 1. The summed E-state index contributed by atoms with van der Waals surface area (Å²) in [6.07, 6.45) is 1.84. The fraction of sp³-hybridized carbons (Fsp3) is 0.158. The fourth-order valence-electron chi connectivity index (χ4n) is 2.61. The van der Waals surface area contributed by atoms with Crippen LogP contribution in [0.2, 0.25) is 5.02 Å². The second-order valence-corrected chi connectivity index (χ2v) is 7.42. The van der Waals surface area contributed by atoms with Gasteiger partial charge in [-0.05, 0) is 72.6 Å². The van der Waals surface area contributed by atoms with Gasteiger partial charge in [0.1, 0.15) is 0 Å². The normalized spacial score (nSPS) is 18.7. The lowest BCUT2D eigenvalue weighted by molar-refractivity contribution is -0.115. The number of hydrogen-bond donors (Lipinski definition) is 1. The minimum absolute atomic E-state index is 0.177. The third-order valence-corrected chi connectivity index (χ3v) is 5.40. The van der Waals surface area contributed by atoms with E-state index in [0.717, 1.165) is 22.4 Å². The molecule has 0 spiro atoms. The first kappa shape index (κ1) is 17.0. The summed E-state index contributed by atoms with van der Waals surface area (Å²) in [6.45, 7) is 4.12. The molecule has 5 nitrogen and oxygen atoms in total. The van der Waals surface area contributed by atoms with Gasteiger partial charge in [0.05, 0.1) is 10.6 Å². The maximum atomic E-state index is 12.3. The second kappa shape index (κ2) is 6.70. The Labute approximate surface area is 160 Å². The number of nitrogens with one attached hydrogen (secondary N) is 1. The minimum Gasteiger partial charge on any atom is -0.454 e. The summed E-state index contributed by atoms with van der Waals surface area (Å²) in [5.41, 5.74) is 3.60. The van der Waals surface area contributed by atoms with Crippen molar-refractivity contribution in [2.45, 2.75) is 13.8 Å². The van der Waals surface area contributed by atoms with Crippen molar-refractivity contribution >= 4 is 46.2 Å². The number of carbonyl (C=O) groups is 1. The van der Waals surface area contributed by atoms with Crippen molar-refractivity contribution < 1.29 is 14.3 Å². The number of aliphatic imine (C=N–C) groups is 1. The van der Waals surface area contributed by atoms with E-state index in [4.69, 9.17) is 21.1 Å². The SMILES string of the molecule is Cc1ccc(N=C2NC(=O)/C(=C\c3cc4c(cc3C)OCO4)S2)cc1Cl. The van der Waals surface area contributed by atoms with E-state index in [-0.39, 0.29) is 12.7 Å². The molecule has 1 fully saturated rings. The van der Waals surface area contributed by atoms with Gasteiger partial charge in [0, 0.05) is 5.02 Å². The lowest BCUT2D eigenvalue weighted by Crippen LogP contribution is -2.19. The van der Waals surface area contributed by atoms with Gasteiger partial charge in [-0.15, -0.1) is 0 Å². The van der Waals surface area contributed by atoms with Crippen molar-refractivity contribution in [2.24, 2.45) is 4.99 Å². The molecule has 1 saturated heterocycles. The Kier molecular flexibility index (Phi) is 4.38. The zero-order chi connectivity index (χ0) is 18.3. The number of amides is 1. The van der Waals surface area contributed by atoms with Crippen LogP contribution in [0.25, 0.3) is 6.08 Å². The second-order valence-electron chi connectivity index (χ2n) is 5.98. The van der Waals surface area contributed by atoms with Gasteiger partial charge in [-0.3, -0.25) is 4.79 Å². The van der Waals surface area contributed by atoms with Gasteiger partial charge in [-0.1, -0.05) is 17.7 Å². The van der Waals surface area contributed by atoms with Crippen LogP contribution in [0, 0.1) is 13.8 Å². The lowest BCUT2D eigenvalue weighted by Gasteiger charge is -2.03. The van der Waals surface area contributed by atoms with E-state index in [1.54, 1.807) is 6.07 Å². The maximum Gasteiger partial charge on any atom is 0.264 e. The Hall–Kier alpha value is -2.44. The molecule has 4 rings (SSSR count). The van der Waals surface area contributed by atoms with Gasteiger partial charge in [-0.2, -0.15) is 0 Å². The molecule has 7 heteroatoms. The van der Waals surface area contributed by atoms with Gasteiger partial charge in [0.15, 0.2) is 16.7 Å².